The Labute approximate surface area is 209 Å². The summed E-state index contributed by atoms with van der Waals surface area (Å²) in [5.74, 6) is 0. The summed E-state index contributed by atoms with van der Waals surface area (Å²) < 4.78 is 0. The Morgan fingerprint density at radius 2 is 1.73 bits per heavy atom. The molecule has 0 atom stereocenters. The van der Waals surface area contributed by atoms with E-state index in [1.54, 1.807) is 0 Å². The van der Waals surface area contributed by atoms with Crippen LogP contribution in [0.25, 0.3) is 49.7 Å². The van der Waals surface area contributed by atoms with Crippen LogP contribution in [0.1, 0.15) is 23.6 Å². The van der Waals surface area contributed by atoms with Crippen molar-refractivity contribution >= 4 is 56.8 Å². The summed E-state index contributed by atoms with van der Waals surface area (Å²) in [6.45, 7) is 13.3. The molecule has 0 spiro atoms. The summed E-state index contributed by atoms with van der Waals surface area (Å²) in [5.41, 5.74) is 5.98. The molecule has 5 aromatic rings. The van der Waals surface area contributed by atoms with E-state index < -0.39 is 8.07 Å². The summed E-state index contributed by atoms with van der Waals surface area (Å²) in [6, 6.07) is 22.2. The third-order valence-electron chi connectivity index (χ3n) is 7.45. The molecule has 0 amide bonds. The van der Waals surface area contributed by atoms with Gasteiger partial charge in [0.2, 0.25) is 0 Å². The maximum absolute atomic E-state index is 4.90. The molecule has 1 aliphatic heterocycles. The molecule has 1 nitrogen and oxygen atoms in total. The molecule has 165 valence electrons. The molecule has 0 aliphatic carbocycles. The van der Waals surface area contributed by atoms with Crippen LogP contribution in [0.2, 0.25) is 13.1 Å². The minimum absolute atomic E-state index is 0. The number of nitrogens with zero attached hydrogens (tertiary/aromatic N) is 1. The number of hydrogen-bond acceptors (Lipinski definition) is 1. The Kier molecular flexibility index (Phi) is 5.21. The van der Waals surface area contributed by atoms with Gasteiger partial charge >= 0.3 is 0 Å². The van der Waals surface area contributed by atoms with Gasteiger partial charge in [0.1, 0.15) is 0 Å². The SMILES string of the molecule is C=Cc1cc2c([c-]c1C)-c1nccc3c1c(cc1c4cc(CC)ccc4ccc31)[Si]2(C)C.[Ir]. The Bertz CT molecular complexity index is 1610. The Balaban J connectivity index is 0.00000228. The average Bonchev–Trinajstić information content (AvgIpc) is 2.81. The molecule has 3 heteroatoms. The maximum atomic E-state index is 4.90. The molecule has 0 N–H and O–H groups in total. The summed E-state index contributed by atoms with van der Waals surface area (Å²) in [6.07, 6.45) is 4.98. The molecular formula is C30H26IrNSi-. The maximum Gasteiger partial charge on any atom is 0.0660 e. The second-order valence-corrected chi connectivity index (χ2v) is 13.9. The van der Waals surface area contributed by atoms with Crippen LogP contribution in [-0.4, -0.2) is 13.1 Å². The molecule has 1 aromatic heterocycles. The van der Waals surface area contributed by atoms with E-state index >= 15 is 0 Å². The van der Waals surface area contributed by atoms with Crippen LogP contribution < -0.4 is 10.4 Å². The van der Waals surface area contributed by atoms with Gasteiger partial charge in [-0.2, -0.15) is 0 Å². The van der Waals surface area contributed by atoms with E-state index in [4.69, 9.17) is 4.98 Å². The van der Waals surface area contributed by atoms with Crippen molar-refractivity contribution in [1.82, 2.24) is 4.98 Å². The van der Waals surface area contributed by atoms with Crippen molar-refractivity contribution in [2.75, 3.05) is 0 Å². The van der Waals surface area contributed by atoms with Crippen molar-refractivity contribution in [1.29, 1.82) is 0 Å². The first-order valence-corrected chi connectivity index (χ1v) is 14.4. The largest absolute Gasteiger partial charge is 0.304 e. The minimum atomic E-state index is -1.98. The van der Waals surface area contributed by atoms with Crippen LogP contribution in [0.15, 0.2) is 61.3 Å². The zero-order valence-electron chi connectivity index (χ0n) is 19.5. The molecular weight excluding hydrogens is 595 g/mol. The first-order chi connectivity index (χ1) is 15.4. The Morgan fingerprint density at radius 3 is 2.48 bits per heavy atom. The number of rotatable bonds is 2. The molecule has 1 aliphatic rings. The van der Waals surface area contributed by atoms with Crippen LogP contribution in [0.5, 0.6) is 0 Å². The quantitative estimate of drug-likeness (QED) is 0.122. The number of pyridine rings is 1. The first-order valence-electron chi connectivity index (χ1n) is 11.4. The van der Waals surface area contributed by atoms with E-state index in [0.29, 0.717) is 0 Å². The van der Waals surface area contributed by atoms with Crippen molar-refractivity contribution in [3.63, 3.8) is 0 Å². The van der Waals surface area contributed by atoms with Crippen molar-refractivity contribution in [2.45, 2.75) is 33.4 Å². The Hall–Kier alpha value is -2.58. The average molecular weight is 621 g/mol. The topological polar surface area (TPSA) is 12.9 Å². The van der Waals surface area contributed by atoms with Crippen molar-refractivity contribution < 1.29 is 20.1 Å². The monoisotopic (exact) mass is 621 g/mol. The van der Waals surface area contributed by atoms with Gasteiger partial charge in [-0.15, -0.1) is 46.7 Å². The minimum Gasteiger partial charge on any atom is -0.304 e. The molecule has 1 radical (unpaired) electrons. The van der Waals surface area contributed by atoms with Gasteiger partial charge in [0.15, 0.2) is 0 Å². The third kappa shape index (κ3) is 3.03. The predicted molar refractivity (Wildman–Crippen MR) is 142 cm³/mol. The summed E-state index contributed by atoms with van der Waals surface area (Å²) in [5, 5.41) is 10.9. The van der Waals surface area contributed by atoms with Crippen LogP contribution >= 0.6 is 0 Å². The molecule has 0 bridgehead atoms. The van der Waals surface area contributed by atoms with Gasteiger partial charge in [-0.05, 0) is 56.1 Å². The molecule has 2 heterocycles. The zero-order valence-corrected chi connectivity index (χ0v) is 22.9. The van der Waals surface area contributed by atoms with Crippen molar-refractivity contribution in [3.8, 4) is 11.3 Å². The summed E-state index contributed by atoms with van der Waals surface area (Å²) in [4.78, 5) is 4.90. The zero-order chi connectivity index (χ0) is 22.2. The molecule has 0 saturated carbocycles. The van der Waals surface area contributed by atoms with Crippen LogP contribution in [0.4, 0.5) is 0 Å². The standard InChI is InChI=1S/C30H26NSi.Ir/c1-6-19-8-9-21-10-11-22-23-12-13-31-30-26-14-18(3)20(7-2)16-27(26)32(4,5)28(29(23)30)17-25(22)24(21)15-19;/h7-13,15-17H,2,6H2,1,3-5H3;/q-1;. The molecule has 0 unspecified atom stereocenters. The van der Waals surface area contributed by atoms with Crippen LogP contribution in [-0.2, 0) is 26.5 Å². The van der Waals surface area contributed by atoms with Gasteiger partial charge in [0.05, 0.1) is 8.07 Å². The van der Waals surface area contributed by atoms with Crippen molar-refractivity contribution in [3.05, 3.63) is 84.1 Å². The van der Waals surface area contributed by atoms with E-state index in [-0.39, 0.29) is 20.1 Å². The molecule has 4 aromatic carbocycles. The van der Waals surface area contributed by atoms with Gasteiger partial charge in [0.25, 0.3) is 0 Å². The summed E-state index contributed by atoms with van der Waals surface area (Å²) in [7, 11) is -1.98. The smallest absolute Gasteiger partial charge is 0.0660 e. The van der Waals surface area contributed by atoms with E-state index in [0.717, 1.165) is 17.7 Å². The fraction of sp³-hybridized carbons (Fsp3) is 0.167. The second-order valence-electron chi connectivity index (χ2n) is 9.54. The van der Waals surface area contributed by atoms with Crippen LogP contribution in [0.3, 0.4) is 0 Å². The van der Waals surface area contributed by atoms with Gasteiger partial charge in [-0.3, -0.25) is 0 Å². The van der Waals surface area contributed by atoms with Gasteiger partial charge in [-0.1, -0.05) is 68.5 Å². The van der Waals surface area contributed by atoms with E-state index in [9.17, 15) is 0 Å². The molecule has 0 fully saturated rings. The van der Waals surface area contributed by atoms with E-state index in [2.05, 4.69) is 88.1 Å². The van der Waals surface area contributed by atoms with E-state index in [1.165, 1.54) is 59.4 Å². The number of hydrogen-bond donors (Lipinski definition) is 0. The predicted octanol–water partition coefficient (Wildman–Crippen LogP) is 6.66. The fourth-order valence-electron chi connectivity index (χ4n) is 5.56. The Morgan fingerprint density at radius 1 is 0.939 bits per heavy atom. The fourth-order valence-corrected chi connectivity index (χ4v) is 8.55. The molecule has 33 heavy (non-hydrogen) atoms. The van der Waals surface area contributed by atoms with E-state index in [1.807, 2.05) is 12.3 Å². The second kappa shape index (κ2) is 7.73. The van der Waals surface area contributed by atoms with Gasteiger partial charge < -0.3 is 4.98 Å². The number of aromatic nitrogens is 1. The van der Waals surface area contributed by atoms with Gasteiger partial charge in [-0.25, -0.2) is 0 Å². The molecule has 0 saturated heterocycles. The first kappa shape index (κ1) is 22.2. The number of aryl methyl sites for hydroxylation is 2. The third-order valence-corrected chi connectivity index (χ3v) is 10.9. The van der Waals surface area contributed by atoms with Crippen LogP contribution in [0, 0.1) is 13.0 Å². The number of benzene rings is 4. The molecule has 6 rings (SSSR count). The van der Waals surface area contributed by atoms with Crippen molar-refractivity contribution in [2.24, 2.45) is 0 Å². The van der Waals surface area contributed by atoms with Gasteiger partial charge in [0, 0.05) is 26.3 Å². The normalized spacial score (nSPS) is 13.7. The summed E-state index contributed by atoms with van der Waals surface area (Å²) >= 11 is 0. The number of fused-ring (bicyclic) bond motifs is 6.